The highest BCUT2D eigenvalue weighted by molar-refractivity contribution is 7.07. The van der Waals surface area contributed by atoms with Crippen molar-refractivity contribution < 1.29 is 4.79 Å². The van der Waals surface area contributed by atoms with Gasteiger partial charge in [0.1, 0.15) is 0 Å². The molecule has 0 saturated carbocycles. The van der Waals surface area contributed by atoms with Crippen molar-refractivity contribution in [3.8, 4) is 0 Å². The van der Waals surface area contributed by atoms with Gasteiger partial charge in [0, 0.05) is 24.2 Å². The Bertz CT molecular complexity index is 644. The third kappa shape index (κ3) is 4.30. The lowest BCUT2D eigenvalue weighted by Gasteiger charge is -2.31. The molecule has 0 radical (unpaired) electrons. The van der Waals surface area contributed by atoms with Gasteiger partial charge in [-0.3, -0.25) is 9.69 Å². The number of nitrogens with zero attached hydrogens (tertiary/aromatic N) is 2. The van der Waals surface area contributed by atoms with Crippen molar-refractivity contribution in [2.24, 2.45) is 11.7 Å². The Morgan fingerprint density at radius 1 is 1.43 bits per heavy atom. The molecule has 1 atom stereocenters. The lowest BCUT2D eigenvalue weighted by molar-refractivity contribution is -0.123. The van der Waals surface area contributed by atoms with E-state index in [0.717, 1.165) is 50.4 Å². The number of nitrogens with one attached hydrogen (secondary N) is 1. The first-order chi connectivity index (χ1) is 11.2. The molecule has 1 aliphatic rings. The predicted molar refractivity (Wildman–Crippen MR) is 93.1 cm³/mol. The Labute approximate surface area is 140 Å². The van der Waals surface area contributed by atoms with Gasteiger partial charge < -0.3 is 11.1 Å². The molecule has 1 aromatic heterocycles. The van der Waals surface area contributed by atoms with Crippen molar-refractivity contribution in [3.05, 3.63) is 46.4 Å². The van der Waals surface area contributed by atoms with E-state index in [9.17, 15) is 4.79 Å². The molecule has 6 heteroatoms. The molecule has 0 aliphatic carbocycles. The molecule has 2 heterocycles. The minimum Gasteiger partial charge on any atom is -0.379 e. The third-order valence-electron chi connectivity index (χ3n) is 4.26. The standard InChI is InChI=1S/C17H22N4OS/c18-17(22)14-5-3-7-21(10-14)9-13-4-1-2-6-16(13)19-8-15-11-23-12-20-15/h1-2,4,6,11-12,14,19H,3,5,7-10H2,(H2,18,22)/t14-/m1/s1. The predicted octanol–water partition coefficient (Wildman–Crippen LogP) is 2.45. The molecule has 1 aromatic carbocycles. The van der Waals surface area contributed by atoms with Crippen LogP contribution >= 0.6 is 11.3 Å². The molecule has 3 rings (SSSR count). The van der Waals surface area contributed by atoms with Crippen molar-refractivity contribution in [2.75, 3.05) is 18.4 Å². The zero-order chi connectivity index (χ0) is 16.1. The molecule has 0 spiro atoms. The molecule has 23 heavy (non-hydrogen) atoms. The summed E-state index contributed by atoms with van der Waals surface area (Å²) in [7, 11) is 0. The van der Waals surface area contributed by atoms with Crippen LogP contribution in [0.4, 0.5) is 5.69 Å². The van der Waals surface area contributed by atoms with Gasteiger partial charge in [0.05, 0.1) is 23.7 Å². The van der Waals surface area contributed by atoms with E-state index < -0.39 is 0 Å². The van der Waals surface area contributed by atoms with E-state index >= 15 is 0 Å². The van der Waals surface area contributed by atoms with Gasteiger partial charge in [0.15, 0.2) is 0 Å². The minimum absolute atomic E-state index is 0.0149. The molecular weight excluding hydrogens is 308 g/mol. The number of para-hydroxylation sites is 1. The maximum atomic E-state index is 11.4. The third-order valence-corrected chi connectivity index (χ3v) is 4.90. The number of benzene rings is 1. The molecule has 0 unspecified atom stereocenters. The maximum Gasteiger partial charge on any atom is 0.221 e. The fourth-order valence-electron chi connectivity index (χ4n) is 3.01. The van der Waals surface area contributed by atoms with Crippen molar-refractivity contribution in [1.29, 1.82) is 0 Å². The van der Waals surface area contributed by atoms with E-state index in [1.165, 1.54) is 5.56 Å². The molecule has 1 saturated heterocycles. The van der Waals surface area contributed by atoms with E-state index in [4.69, 9.17) is 5.73 Å². The molecule has 1 aliphatic heterocycles. The van der Waals surface area contributed by atoms with Gasteiger partial charge in [0.2, 0.25) is 5.91 Å². The minimum atomic E-state index is -0.176. The first-order valence-electron chi connectivity index (χ1n) is 7.93. The number of nitrogens with two attached hydrogens (primary N) is 1. The van der Waals surface area contributed by atoms with Gasteiger partial charge in [-0.1, -0.05) is 18.2 Å². The summed E-state index contributed by atoms with van der Waals surface area (Å²) in [5.41, 5.74) is 10.7. The Kier molecular flexibility index (Phi) is 5.25. The molecular formula is C17H22N4OS. The number of piperidine rings is 1. The monoisotopic (exact) mass is 330 g/mol. The summed E-state index contributed by atoms with van der Waals surface area (Å²) in [5.74, 6) is -0.191. The van der Waals surface area contributed by atoms with Crippen LogP contribution in [0, 0.1) is 5.92 Å². The van der Waals surface area contributed by atoms with Crippen molar-refractivity contribution >= 4 is 22.9 Å². The van der Waals surface area contributed by atoms with Crippen LogP contribution < -0.4 is 11.1 Å². The van der Waals surface area contributed by atoms with E-state index in [1.54, 1.807) is 11.3 Å². The van der Waals surface area contributed by atoms with Crippen LogP contribution in [0.25, 0.3) is 0 Å². The van der Waals surface area contributed by atoms with E-state index in [-0.39, 0.29) is 11.8 Å². The SMILES string of the molecule is NC(=O)[C@@H]1CCCN(Cc2ccccc2NCc2cscn2)C1. The van der Waals surface area contributed by atoms with Crippen LogP contribution in [-0.2, 0) is 17.9 Å². The van der Waals surface area contributed by atoms with E-state index in [1.807, 2.05) is 11.6 Å². The average Bonchev–Trinajstić information content (AvgIpc) is 3.08. The largest absolute Gasteiger partial charge is 0.379 e. The Morgan fingerprint density at radius 3 is 3.09 bits per heavy atom. The first-order valence-corrected chi connectivity index (χ1v) is 8.87. The Hall–Kier alpha value is -1.92. The highest BCUT2D eigenvalue weighted by Crippen LogP contribution is 2.22. The smallest absolute Gasteiger partial charge is 0.221 e. The van der Waals surface area contributed by atoms with Gasteiger partial charge in [0.25, 0.3) is 0 Å². The zero-order valence-electron chi connectivity index (χ0n) is 13.1. The highest BCUT2D eigenvalue weighted by atomic mass is 32.1. The van der Waals surface area contributed by atoms with E-state index in [0.29, 0.717) is 0 Å². The summed E-state index contributed by atoms with van der Waals surface area (Å²) >= 11 is 1.61. The first kappa shape index (κ1) is 16.0. The van der Waals surface area contributed by atoms with Crippen LogP contribution in [0.3, 0.4) is 0 Å². The molecule has 1 fully saturated rings. The van der Waals surface area contributed by atoms with Crippen LogP contribution in [-0.4, -0.2) is 28.9 Å². The van der Waals surface area contributed by atoms with Crippen molar-refractivity contribution in [1.82, 2.24) is 9.88 Å². The number of aromatic nitrogens is 1. The summed E-state index contributed by atoms with van der Waals surface area (Å²) in [5, 5.41) is 5.52. The Balaban J connectivity index is 1.64. The second-order valence-corrected chi connectivity index (χ2v) is 6.69. The number of carbonyl (C=O) groups excluding carboxylic acids is 1. The normalized spacial score (nSPS) is 18.7. The number of anilines is 1. The summed E-state index contributed by atoms with van der Waals surface area (Å²) in [6, 6.07) is 8.32. The molecule has 2 aromatic rings. The number of carbonyl (C=O) groups is 1. The van der Waals surface area contributed by atoms with Gasteiger partial charge in [-0.2, -0.15) is 0 Å². The van der Waals surface area contributed by atoms with Gasteiger partial charge >= 0.3 is 0 Å². The number of amides is 1. The lowest BCUT2D eigenvalue weighted by atomic mass is 9.97. The summed E-state index contributed by atoms with van der Waals surface area (Å²) in [6.07, 6.45) is 1.94. The lowest BCUT2D eigenvalue weighted by Crippen LogP contribution is -2.40. The fraction of sp³-hybridized carbons (Fsp3) is 0.412. The average molecular weight is 330 g/mol. The summed E-state index contributed by atoms with van der Waals surface area (Å²) in [6.45, 7) is 3.34. The fourth-order valence-corrected chi connectivity index (χ4v) is 3.57. The zero-order valence-corrected chi connectivity index (χ0v) is 13.9. The highest BCUT2D eigenvalue weighted by Gasteiger charge is 2.24. The number of thiazole rings is 1. The molecule has 3 N–H and O–H groups in total. The van der Waals surface area contributed by atoms with Crippen molar-refractivity contribution in [3.63, 3.8) is 0 Å². The maximum absolute atomic E-state index is 11.4. The topological polar surface area (TPSA) is 71.2 Å². The molecule has 5 nitrogen and oxygen atoms in total. The second kappa shape index (κ2) is 7.57. The van der Waals surface area contributed by atoms with Crippen LogP contribution in [0.5, 0.6) is 0 Å². The van der Waals surface area contributed by atoms with Crippen LogP contribution in [0.1, 0.15) is 24.1 Å². The number of primary amides is 1. The molecule has 1 amide bonds. The van der Waals surface area contributed by atoms with Crippen LogP contribution in [0.2, 0.25) is 0 Å². The van der Waals surface area contributed by atoms with Crippen LogP contribution in [0.15, 0.2) is 35.2 Å². The van der Waals surface area contributed by atoms with E-state index in [2.05, 4.69) is 38.8 Å². The van der Waals surface area contributed by atoms with Gasteiger partial charge in [-0.05, 0) is 31.0 Å². The number of rotatable bonds is 6. The number of hydrogen-bond donors (Lipinski definition) is 2. The Morgan fingerprint density at radius 2 is 2.30 bits per heavy atom. The second-order valence-electron chi connectivity index (χ2n) is 5.97. The molecule has 122 valence electrons. The summed E-state index contributed by atoms with van der Waals surface area (Å²) in [4.78, 5) is 18.1. The van der Waals surface area contributed by atoms with Gasteiger partial charge in [-0.15, -0.1) is 11.3 Å². The van der Waals surface area contributed by atoms with Gasteiger partial charge in [-0.25, -0.2) is 4.98 Å². The quantitative estimate of drug-likeness (QED) is 0.853. The number of hydrogen-bond acceptors (Lipinski definition) is 5. The summed E-state index contributed by atoms with van der Waals surface area (Å²) < 4.78 is 0. The number of likely N-dealkylation sites (tertiary alicyclic amines) is 1. The van der Waals surface area contributed by atoms with Crippen molar-refractivity contribution in [2.45, 2.75) is 25.9 Å². The molecule has 0 bridgehead atoms.